The molecule has 18 heavy (non-hydrogen) atoms. The summed E-state index contributed by atoms with van der Waals surface area (Å²) in [5.74, 6) is -0.977. The number of ether oxygens (including phenoxy) is 2. The number of H-pyrrole nitrogens is 1. The van der Waals surface area contributed by atoms with E-state index in [-0.39, 0.29) is 12.5 Å². The molecule has 5 nitrogen and oxygen atoms in total. The number of carboxylic acids is 1. The molecule has 2 aromatic rings. The van der Waals surface area contributed by atoms with Crippen LogP contribution in [-0.2, 0) is 16.1 Å². The van der Waals surface area contributed by atoms with Crippen molar-refractivity contribution >= 4 is 32.8 Å². The van der Waals surface area contributed by atoms with E-state index in [2.05, 4.69) is 20.9 Å². The molecule has 0 unspecified atom stereocenters. The molecule has 0 saturated heterocycles. The second kappa shape index (κ2) is 5.51. The largest absolute Gasteiger partial charge is 0.477 e. The molecule has 6 heteroatoms. The summed E-state index contributed by atoms with van der Waals surface area (Å²) >= 11 is 3.41. The predicted molar refractivity (Wildman–Crippen MR) is 69.6 cm³/mol. The fourth-order valence-corrected chi connectivity index (χ4v) is 2.32. The maximum atomic E-state index is 10.9. The highest BCUT2D eigenvalue weighted by Gasteiger charge is 2.10. The highest BCUT2D eigenvalue weighted by molar-refractivity contribution is 9.10. The van der Waals surface area contributed by atoms with Crippen molar-refractivity contribution in [2.45, 2.75) is 6.61 Å². The highest BCUT2D eigenvalue weighted by atomic mass is 79.9. The third-order valence-electron chi connectivity index (χ3n) is 2.44. The van der Waals surface area contributed by atoms with Gasteiger partial charge in [-0.3, -0.25) is 0 Å². The van der Waals surface area contributed by atoms with Crippen molar-refractivity contribution in [1.29, 1.82) is 0 Å². The topological polar surface area (TPSA) is 71.5 Å². The van der Waals surface area contributed by atoms with Crippen LogP contribution in [0, 0.1) is 0 Å². The monoisotopic (exact) mass is 313 g/mol. The van der Waals surface area contributed by atoms with Gasteiger partial charge >= 0.3 is 5.97 Å². The summed E-state index contributed by atoms with van der Waals surface area (Å²) in [7, 11) is 1.56. The van der Waals surface area contributed by atoms with E-state index in [1.807, 2.05) is 12.1 Å². The first-order valence-corrected chi connectivity index (χ1v) is 6.02. The van der Waals surface area contributed by atoms with Crippen LogP contribution in [0.2, 0.25) is 0 Å². The van der Waals surface area contributed by atoms with Gasteiger partial charge in [-0.25, -0.2) is 4.79 Å². The number of fused-ring (bicyclic) bond motifs is 1. The molecule has 0 bridgehead atoms. The number of rotatable bonds is 5. The molecule has 1 heterocycles. The number of methoxy groups -OCH3 is 1. The van der Waals surface area contributed by atoms with Gasteiger partial charge in [0.15, 0.2) is 0 Å². The summed E-state index contributed by atoms with van der Waals surface area (Å²) in [5, 5.41) is 9.76. The highest BCUT2D eigenvalue weighted by Crippen LogP contribution is 2.26. The predicted octanol–water partition coefficient (Wildman–Crippen LogP) is 2.75. The summed E-state index contributed by atoms with van der Waals surface area (Å²) < 4.78 is 10.9. The van der Waals surface area contributed by atoms with E-state index in [1.165, 1.54) is 0 Å². The third kappa shape index (κ3) is 2.72. The van der Waals surface area contributed by atoms with Gasteiger partial charge in [-0.1, -0.05) is 0 Å². The molecule has 0 aliphatic rings. The lowest BCUT2D eigenvalue weighted by Crippen LogP contribution is -1.96. The van der Waals surface area contributed by atoms with Crippen molar-refractivity contribution in [1.82, 2.24) is 4.98 Å². The molecule has 1 aromatic heterocycles. The van der Waals surface area contributed by atoms with Crippen LogP contribution in [0.4, 0.5) is 0 Å². The Morgan fingerprint density at radius 1 is 1.44 bits per heavy atom. The number of hydrogen-bond donors (Lipinski definition) is 2. The van der Waals surface area contributed by atoms with Crippen LogP contribution in [0.1, 0.15) is 16.1 Å². The molecule has 0 atom stereocenters. The third-order valence-corrected chi connectivity index (χ3v) is 3.07. The number of benzene rings is 1. The van der Waals surface area contributed by atoms with Crippen molar-refractivity contribution in [3.8, 4) is 0 Å². The summed E-state index contributed by atoms with van der Waals surface area (Å²) in [6.07, 6.45) is 0. The average molecular weight is 314 g/mol. The molecular formula is C12H12BrNO4. The molecule has 96 valence electrons. The minimum Gasteiger partial charge on any atom is -0.477 e. The molecule has 0 amide bonds. The number of nitrogens with one attached hydrogen (secondary N) is 1. The summed E-state index contributed by atoms with van der Waals surface area (Å²) in [5.41, 5.74) is 1.88. The molecule has 0 radical (unpaired) electrons. The van der Waals surface area contributed by atoms with Crippen LogP contribution in [0.5, 0.6) is 0 Å². The van der Waals surface area contributed by atoms with Crippen LogP contribution < -0.4 is 0 Å². The number of aromatic carboxylic acids is 1. The Bertz CT molecular complexity index is 579. The first-order valence-electron chi connectivity index (χ1n) is 5.23. The lowest BCUT2D eigenvalue weighted by Gasteiger charge is -2.04. The van der Waals surface area contributed by atoms with Gasteiger partial charge in [0.25, 0.3) is 0 Å². The molecule has 0 fully saturated rings. The van der Waals surface area contributed by atoms with E-state index in [9.17, 15) is 4.79 Å². The number of halogens is 1. The maximum absolute atomic E-state index is 10.9. The quantitative estimate of drug-likeness (QED) is 0.657. The van der Waals surface area contributed by atoms with E-state index in [0.29, 0.717) is 6.61 Å². The number of aromatic nitrogens is 1. The molecule has 0 saturated carbocycles. The van der Waals surface area contributed by atoms with Crippen molar-refractivity contribution in [2.75, 3.05) is 13.9 Å². The van der Waals surface area contributed by atoms with Crippen LogP contribution in [0.3, 0.4) is 0 Å². The van der Waals surface area contributed by atoms with Crippen LogP contribution >= 0.6 is 15.9 Å². The van der Waals surface area contributed by atoms with Gasteiger partial charge in [0.1, 0.15) is 12.5 Å². The van der Waals surface area contributed by atoms with Crippen LogP contribution in [-0.4, -0.2) is 30.0 Å². The van der Waals surface area contributed by atoms with E-state index < -0.39 is 5.97 Å². The minimum absolute atomic E-state index is 0.167. The number of carbonyl (C=O) groups is 1. The Labute approximate surface area is 112 Å². The van der Waals surface area contributed by atoms with E-state index in [0.717, 1.165) is 20.9 Å². The zero-order chi connectivity index (χ0) is 13.1. The standard InChI is InChI=1S/C12H12BrNO4/c1-17-6-18-5-7-2-8-4-10(12(15)16)14-11(8)9(13)3-7/h2-4,14H,5-6H2,1H3,(H,15,16). The lowest BCUT2D eigenvalue weighted by atomic mass is 10.1. The molecule has 1 aromatic carbocycles. The molecule has 0 spiro atoms. The fraction of sp³-hybridized carbons (Fsp3) is 0.250. The zero-order valence-electron chi connectivity index (χ0n) is 9.70. The maximum Gasteiger partial charge on any atom is 0.352 e. The van der Waals surface area contributed by atoms with Crippen molar-refractivity contribution < 1.29 is 19.4 Å². The second-order valence-corrected chi connectivity index (χ2v) is 4.64. The number of hydrogen-bond acceptors (Lipinski definition) is 3. The average Bonchev–Trinajstić information content (AvgIpc) is 2.74. The number of aromatic amines is 1. The molecule has 0 aliphatic heterocycles. The molecule has 0 aliphatic carbocycles. The molecule has 2 rings (SSSR count). The van der Waals surface area contributed by atoms with Gasteiger partial charge in [-0.05, 0) is 39.7 Å². The Hall–Kier alpha value is -1.37. The van der Waals surface area contributed by atoms with Gasteiger partial charge in [0, 0.05) is 17.0 Å². The van der Waals surface area contributed by atoms with E-state index >= 15 is 0 Å². The van der Waals surface area contributed by atoms with Gasteiger partial charge in [0.05, 0.1) is 12.1 Å². The minimum atomic E-state index is -0.977. The van der Waals surface area contributed by atoms with Crippen molar-refractivity contribution in [3.63, 3.8) is 0 Å². The summed E-state index contributed by atoms with van der Waals surface area (Å²) in [6.45, 7) is 0.638. The van der Waals surface area contributed by atoms with E-state index in [1.54, 1.807) is 13.2 Å². The second-order valence-electron chi connectivity index (χ2n) is 3.79. The summed E-state index contributed by atoms with van der Waals surface area (Å²) in [6, 6.07) is 5.38. The van der Waals surface area contributed by atoms with Gasteiger partial charge in [0.2, 0.25) is 0 Å². The molecule has 2 N–H and O–H groups in total. The first-order chi connectivity index (χ1) is 8.61. The van der Waals surface area contributed by atoms with Gasteiger partial charge in [-0.2, -0.15) is 0 Å². The zero-order valence-corrected chi connectivity index (χ0v) is 11.3. The SMILES string of the molecule is COCOCc1cc(Br)c2[nH]c(C(=O)O)cc2c1. The Morgan fingerprint density at radius 2 is 2.22 bits per heavy atom. The summed E-state index contributed by atoms with van der Waals surface area (Å²) in [4.78, 5) is 13.7. The fourth-order valence-electron chi connectivity index (χ4n) is 1.70. The van der Waals surface area contributed by atoms with Crippen LogP contribution in [0.25, 0.3) is 10.9 Å². The smallest absolute Gasteiger partial charge is 0.352 e. The first kappa shape index (κ1) is 13.1. The Kier molecular flexibility index (Phi) is 4.00. The van der Waals surface area contributed by atoms with Gasteiger partial charge in [-0.15, -0.1) is 0 Å². The normalized spacial score (nSPS) is 11.0. The van der Waals surface area contributed by atoms with Crippen molar-refractivity contribution in [2.24, 2.45) is 0 Å². The Morgan fingerprint density at radius 3 is 2.89 bits per heavy atom. The number of carboxylic acid groups (broad SMARTS) is 1. The van der Waals surface area contributed by atoms with Crippen LogP contribution in [0.15, 0.2) is 22.7 Å². The van der Waals surface area contributed by atoms with Gasteiger partial charge < -0.3 is 19.6 Å². The lowest BCUT2D eigenvalue weighted by molar-refractivity contribution is -0.0390. The van der Waals surface area contributed by atoms with Crippen molar-refractivity contribution in [3.05, 3.63) is 33.9 Å². The van der Waals surface area contributed by atoms with E-state index in [4.69, 9.17) is 14.6 Å². The molecular weight excluding hydrogens is 302 g/mol. The Balaban J connectivity index is 2.32.